The normalized spacial score (nSPS) is 13.2. The van der Waals surface area contributed by atoms with Crippen LogP contribution in [0.15, 0.2) is 28.4 Å². The van der Waals surface area contributed by atoms with Crippen LogP contribution in [0.4, 0.5) is 13.2 Å². The highest BCUT2D eigenvalue weighted by Crippen LogP contribution is 2.38. The number of aliphatic hydroxyl groups excluding tert-OH is 1. The van der Waals surface area contributed by atoms with E-state index in [0.717, 1.165) is 0 Å². The molecule has 5 nitrogen and oxygen atoms in total. The van der Waals surface area contributed by atoms with Crippen LogP contribution in [0, 0.1) is 0 Å². The number of H-pyrrole nitrogens is 1. The van der Waals surface area contributed by atoms with Crippen molar-refractivity contribution >= 4 is 35.0 Å². The van der Waals surface area contributed by atoms with Gasteiger partial charge in [0.05, 0.1) is 10.0 Å². The van der Waals surface area contributed by atoms with Gasteiger partial charge in [0.2, 0.25) is 0 Å². The topological polar surface area (TPSA) is 78.9 Å². The van der Waals surface area contributed by atoms with Crippen molar-refractivity contribution in [1.82, 2.24) is 15.0 Å². The zero-order valence-corrected chi connectivity index (χ0v) is 12.7. The molecule has 0 saturated heterocycles. The number of halogens is 5. The van der Waals surface area contributed by atoms with Gasteiger partial charge >= 0.3 is 6.18 Å². The van der Waals surface area contributed by atoms with Crippen LogP contribution in [0.25, 0.3) is 0 Å². The number of pyridine rings is 1. The Hall–Kier alpha value is -1.29. The number of nitrogens with zero attached hydrogens (tertiary/aromatic N) is 2. The fourth-order valence-electron chi connectivity index (χ4n) is 1.46. The van der Waals surface area contributed by atoms with Crippen LogP contribution in [0.3, 0.4) is 0 Å². The minimum atomic E-state index is -4.78. The molecule has 1 unspecified atom stereocenters. The van der Waals surface area contributed by atoms with Crippen LogP contribution in [-0.4, -0.2) is 20.1 Å². The van der Waals surface area contributed by atoms with Crippen LogP contribution < -0.4 is 5.56 Å². The Kier molecular flexibility index (Phi) is 5.00. The van der Waals surface area contributed by atoms with Crippen molar-refractivity contribution in [3.8, 4) is 0 Å². The van der Waals surface area contributed by atoms with Crippen molar-refractivity contribution in [2.24, 2.45) is 0 Å². The molecule has 2 heterocycles. The molecule has 0 fully saturated rings. The van der Waals surface area contributed by atoms with E-state index in [4.69, 9.17) is 23.2 Å². The number of alkyl halides is 3. The SMILES string of the molecule is O=c1cc(C(F)(F)F)nc(SC(O)c2c(Cl)cncc2Cl)[nH]1. The van der Waals surface area contributed by atoms with Crippen LogP contribution >= 0.6 is 35.0 Å². The highest BCUT2D eigenvalue weighted by Gasteiger charge is 2.33. The van der Waals surface area contributed by atoms with Gasteiger partial charge in [-0.2, -0.15) is 13.2 Å². The molecule has 2 aromatic heterocycles. The lowest BCUT2D eigenvalue weighted by atomic mass is 10.3. The molecule has 0 aliphatic carbocycles. The van der Waals surface area contributed by atoms with Crippen molar-refractivity contribution < 1.29 is 18.3 Å². The van der Waals surface area contributed by atoms with Gasteiger partial charge in [0.15, 0.2) is 10.9 Å². The van der Waals surface area contributed by atoms with E-state index in [1.54, 1.807) is 0 Å². The first kappa shape index (κ1) is 17.1. The van der Waals surface area contributed by atoms with Gasteiger partial charge in [-0.1, -0.05) is 35.0 Å². The van der Waals surface area contributed by atoms with Crippen molar-refractivity contribution in [1.29, 1.82) is 0 Å². The maximum atomic E-state index is 12.6. The predicted molar refractivity (Wildman–Crippen MR) is 74.9 cm³/mol. The molecular formula is C11H6Cl2F3N3O2S. The summed E-state index contributed by atoms with van der Waals surface area (Å²) in [5, 5.41) is 9.68. The summed E-state index contributed by atoms with van der Waals surface area (Å²) in [5.41, 5.74) is -3.74. The molecule has 0 saturated carbocycles. The van der Waals surface area contributed by atoms with E-state index < -0.39 is 28.0 Å². The molecular weight excluding hydrogens is 366 g/mol. The lowest BCUT2D eigenvalue weighted by Gasteiger charge is -2.13. The molecule has 118 valence electrons. The number of aliphatic hydroxyl groups is 1. The minimum absolute atomic E-state index is 0.0295. The number of hydrogen-bond acceptors (Lipinski definition) is 5. The van der Waals surface area contributed by atoms with E-state index >= 15 is 0 Å². The zero-order valence-electron chi connectivity index (χ0n) is 10.4. The molecule has 0 aliphatic rings. The molecule has 0 bridgehead atoms. The average Bonchev–Trinajstić information content (AvgIpc) is 2.36. The number of thioether (sulfide) groups is 1. The molecule has 11 heteroatoms. The van der Waals surface area contributed by atoms with Crippen molar-refractivity contribution in [3.63, 3.8) is 0 Å². The number of rotatable bonds is 3. The van der Waals surface area contributed by atoms with E-state index in [9.17, 15) is 23.1 Å². The maximum Gasteiger partial charge on any atom is 0.433 e. The molecule has 0 radical (unpaired) electrons. The second kappa shape index (κ2) is 6.45. The monoisotopic (exact) mass is 371 g/mol. The standard InChI is InChI=1S/C11H6Cl2F3N3O2S/c12-4-2-17-3-5(13)8(4)9(21)22-10-18-6(11(14,15)16)1-7(20)19-10/h1-3,9,21H,(H,18,19,20). The largest absolute Gasteiger partial charge is 0.433 e. The molecule has 2 rings (SSSR count). The lowest BCUT2D eigenvalue weighted by Crippen LogP contribution is -2.17. The molecule has 0 aliphatic heterocycles. The number of aromatic nitrogens is 3. The summed E-state index contributed by atoms with van der Waals surface area (Å²) in [4.78, 5) is 20.3. The summed E-state index contributed by atoms with van der Waals surface area (Å²) in [6.07, 6.45) is -2.34. The summed E-state index contributed by atoms with van der Waals surface area (Å²) in [5.74, 6) is 0. The molecule has 22 heavy (non-hydrogen) atoms. The molecule has 0 aromatic carbocycles. The summed E-state index contributed by atoms with van der Waals surface area (Å²) in [7, 11) is 0. The van der Waals surface area contributed by atoms with Crippen molar-refractivity contribution in [2.45, 2.75) is 16.8 Å². The summed E-state index contributed by atoms with van der Waals surface area (Å²) < 4.78 is 37.8. The number of nitrogens with one attached hydrogen (secondary N) is 1. The highest BCUT2D eigenvalue weighted by molar-refractivity contribution is 7.99. The average molecular weight is 372 g/mol. The number of aromatic amines is 1. The van der Waals surface area contributed by atoms with Crippen LogP contribution in [0.5, 0.6) is 0 Å². The lowest BCUT2D eigenvalue weighted by molar-refractivity contribution is -0.141. The Morgan fingerprint density at radius 3 is 2.41 bits per heavy atom. The Labute approximate surface area is 135 Å². The Morgan fingerprint density at radius 1 is 1.27 bits per heavy atom. The first-order chi connectivity index (χ1) is 10.2. The fraction of sp³-hybridized carbons (Fsp3) is 0.182. The van der Waals surface area contributed by atoms with Gasteiger partial charge in [-0.3, -0.25) is 9.78 Å². The minimum Gasteiger partial charge on any atom is -0.377 e. The molecule has 0 amide bonds. The van der Waals surface area contributed by atoms with E-state index in [1.165, 1.54) is 12.4 Å². The molecule has 0 spiro atoms. The maximum absolute atomic E-state index is 12.6. The smallest absolute Gasteiger partial charge is 0.377 e. The fourth-order valence-corrected chi connectivity index (χ4v) is 3.05. The van der Waals surface area contributed by atoms with Gasteiger partial charge in [-0.25, -0.2) is 4.98 Å². The Morgan fingerprint density at radius 2 is 1.86 bits per heavy atom. The summed E-state index contributed by atoms with van der Waals surface area (Å²) >= 11 is 12.1. The summed E-state index contributed by atoms with van der Waals surface area (Å²) in [6.45, 7) is 0. The molecule has 2 aromatic rings. The van der Waals surface area contributed by atoms with E-state index in [0.29, 0.717) is 17.8 Å². The van der Waals surface area contributed by atoms with Crippen LogP contribution in [0.1, 0.15) is 16.7 Å². The van der Waals surface area contributed by atoms with Crippen LogP contribution in [-0.2, 0) is 6.18 Å². The van der Waals surface area contributed by atoms with Gasteiger partial charge in [0.25, 0.3) is 5.56 Å². The van der Waals surface area contributed by atoms with Gasteiger partial charge in [0, 0.05) is 24.0 Å². The second-order valence-corrected chi connectivity index (χ2v) is 5.80. The quantitative estimate of drug-likeness (QED) is 0.491. The predicted octanol–water partition coefficient (Wildman–Crippen LogP) is 3.27. The van der Waals surface area contributed by atoms with Gasteiger partial charge in [0.1, 0.15) is 5.44 Å². The third kappa shape index (κ3) is 3.92. The van der Waals surface area contributed by atoms with Crippen molar-refractivity contribution in [2.75, 3.05) is 0 Å². The number of hydrogen-bond donors (Lipinski definition) is 2. The Bertz CT molecular complexity index is 734. The Balaban J connectivity index is 2.35. The molecule has 2 N–H and O–H groups in total. The van der Waals surface area contributed by atoms with Gasteiger partial charge in [-0.15, -0.1) is 0 Å². The van der Waals surface area contributed by atoms with Gasteiger partial charge in [-0.05, 0) is 0 Å². The third-order valence-electron chi connectivity index (χ3n) is 2.37. The van der Waals surface area contributed by atoms with E-state index in [2.05, 4.69) is 15.0 Å². The first-order valence-corrected chi connectivity index (χ1v) is 7.14. The van der Waals surface area contributed by atoms with E-state index in [1.807, 2.05) is 0 Å². The first-order valence-electron chi connectivity index (χ1n) is 5.50. The highest BCUT2D eigenvalue weighted by atomic mass is 35.5. The third-order valence-corrected chi connectivity index (χ3v) is 3.85. The zero-order chi connectivity index (χ0) is 16.5. The van der Waals surface area contributed by atoms with Crippen LogP contribution in [0.2, 0.25) is 10.0 Å². The van der Waals surface area contributed by atoms with Crippen molar-refractivity contribution in [3.05, 3.63) is 50.1 Å². The summed E-state index contributed by atoms with van der Waals surface area (Å²) in [6, 6.07) is 0.322. The second-order valence-electron chi connectivity index (χ2n) is 3.92. The van der Waals surface area contributed by atoms with Gasteiger partial charge < -0.3 is 10.1 Å². The molecule has 1 atom stereocenters. The van der Waals surface area contributed by atoms with E-state index in [-0.39, 0.29) is 15.6 Å².